The monoisotopic (exact) mass is 387 g/mol. The Morgan fingerprint density at radius 1 is 1.11 bits per heavy atom. The van der Waals surface area contributed by atoms with Crippen molar-refractivity contribution < 1.29 is 19.1 Å². The van der Waals surface area contributed by atoms with E-state index in [4.69, 9.17) is 4.74 Å². The summed E-state index contributed by atoms with van der Waals surface area (Å²) in [5, 5.41) is 14.2. The normalized spacial score (nSPS) is 13.2. The number of hydrogen-bond acceptors (Lipinski definition) is 5. The maximum absolute atomic E-state index is 12.1. The fourth-order valence-electron chi connectivity index (χ4n) is 2.20. The highest BCUT2D eigenvalue weighted by Crippen LogP contribution is 2.22. The van der Waals surface area contributed by atoms with E-state index in [1.165, 1.54) is 0 Å². The molecule has 7 nitrogen and oxygen atoms in total. The quantitative estimate of drug-likeness (QED) is 0.698. The number of esters is 1. The lowest BCUT2D eigenvalue weighted by Gasteiger charge is -2.27. The van der Waals surface area contributed by atoms with E-state index in [1.54, 1.807) is 32.9 Å². The second kappa shape index (κ2) is 9.36. The summed E-state index contributed by atoms with van der Waals surface area (Å²) in [6.45, 7) is 10.6. The van der Waals surface area contributed by atoms with Crippen molar-refractivity contribution in [1.29, 1.82) is 5.26 Å². The lowest BCUT2D eigenvalue weighted by Crippen LogP contribution is -2.50. The maximum Gasteiger partial charge on any atom is 0.325 e. The molecule has 0 saturated heterocycles. The Morgan fingerprint density at radius 2 is 1.68 bits per heavy atom. The number of nitrogens with one attached hydrogen (secondary N) is 2. The second-order valence-electron chi connectivity index (χ2n) is 8.19. The molecule has 0 fully saturated rings. The van der Waals surface area contributed by atoms with E-state index < -0.39 is 29.9 Å². The number of nitrogens with zero attached hydrogens (tertiary/aromatic N) is 1. The van der Waals surface area contributed by atoms with E-state index in [2.05, 4.69) is 31.4 Å². The van der Waals surface area contributed by atoms with Gasteiger partial charge < -0.3 is 15.4 Å². The number of nitriles is 1. The highest BCUT2D eigenvalue weighted by atomic mass is 16.5. The van der Waals surface area contributed by atoms with Crippen LogP contribution in [0.4, 0.5) is 0 Å². The Balaban J connectivity index is 2.47. The summed E-state index contributed by atoms with van der Waals surface area (Å²) in [5.74, 6) is -1.83. The fraction of sp³-hybridized carbons (Fsp3) is 0.524. The molecular formula is C21H29N3O4. The summed E-state index contributed by atoms with van der Waals surface area (Å²) in [7, 11) is 0. The number of rotatable bonds is 7. The highest BCUT2D eigenvalue weighted by Gasteiger charge is 2.30. The third-order valence-electron chi connectivity index (χ3n) is 4.56. The molecule has 0 aliphatic carbocycles. The molecule has 1 atom stereocenters. The van der Waals surface area contributed by atoms with Gasteiger partial charge in [-0.2, -0.15) is 5.26 Å². The first-order valence-corrected chi connectivity index (χ1v) is 9.15. The van der Waals surface area contributed by atoms with Gasteiger partial charge in [0, 0.05) is 5.56 Å². The predicted molar refractivity (Wildman–Crippen MR) is 105 cm³/mol. The molecule has 0 aliphatic rings. The van der Waals surface area contributed by atoms with Gasteiger partial charge in [0.1, 0.15) is 12.1 Å². The van der Waals surface area contributed by atoms with Crippen molar-refractivity contribution in [2.45, 2.75) is 52.5 Å². The van der Waals surface area contributed by atoms with Crippen LogP contribution in [0.25, 0.3) is 0 Å². The Bertz CT molecular complexity index is 757. The van der Waals surface area contributed by atoms with Gasteiger partial charge in [-0.3, -0.25) is 14.4 Å². The van der Waals surface area contributed by atoms with Crippen LogP contribution >= 0.6 is 0 Å². The largest absolute Gasteiger partial charge is 0.454 e. The summed E-state index contributed by atoms with van der Waals surface area (Å²) < 4.78 is 4.85. The van der Waals surface area contributed by atoms with Gasteiger partial charge in [-0.1, -0.05) is 46.8 Å². The third kappa shape index (κ3) is 6.69. The molecule has 2 N–H and O–H groups in total. The lowest BCUT2D eigenvalue weighted by atomic mass is 9.87. The van der Waals surface area contributed by atoms with Crippen LogP contribution in [-0.2, 0) is 19.7 Å². The average Bonchev–Trinajstić information content (AvgIpc) is 2.63. The van der Waals surface area contributed by atoms with Crippen LogP contribution in [-0.4, -0.2) is 36.5 Å². The number of carbonyl (C=O) groups excluding carboxylic acids is 3. The van der Waals surface area contributed by atoms with Gasteiger partial charge in [-0.05, 0) is 36.0 Å². The molecule has 0 saturated carbocycles. The van der Waals surface area contributed by atoms with Crippen molar-refractivity contribution >= 4 is 17.8 Å². The number of carbonyl (C=O) groups is 3. The molecule has 28 heavy (non-hydrogen) atoms. The SMILES string of the molecule is CC(C)[C@](C)(C#N)NC(=O)COC(=O)CNC(=O)c1ccc(C(C)(C)C)cc1. The minimum Gasteiger partial charge on any atom is -0.454 e. The van der Waals surface area contributed by atoms with Gasteiger partial charge in [0.25, 0.3) is 11.8 Å². The van der Waals surface area contributed by atoms with Gasteiger partial charge in [-0.15, -0.1) is 0 Å². The molecule has 0 aromatic heterocycles. The Hall–Kier alpha value is -2.88. The molecule has 7 heteroatoms. The summed E-state index contributed by atoms with van der Waals surface area (Å²) in [4.78, 5) is 35.7. The van der Waals surface area contributed by atoms with Crippen LogP contribution in [0.5, 0.6) is 0 Å². The van der Waals surface area contributed by atoms with E-state index >= 15 is 0 Å². The molecule has 0 unspecified atom stereocenters. The van der Waals surface area contributed by atoms with E-state index in [1.807, 2.05) is 18.2 Å². The van der Waals surface area contributed by atoms with Gasteiger partial charge in [-0.25, -0.2) is 0 Å². The first-order valence-electron chi connectivity index (χ1n) is 9.15. The minimum atomic E-state index is -1.04. The molecule has 0 aliphatic heterocycles. The van der Waals surface area contributed by atoms with Crippen LogP contribution < -0.4 is 10.6 Å². The molecule has 1 aromatic rings. The first kappa shape index (κ1) is 23.2. The van der Waals surface area contributed by atoms with Crippen LogP contribution in [0.3, 0.4) is 0 Å². The zero-order valence-electron chi connectivity index (χ0n) is 17.4. The van der Waals surface area contributed by atoms with Crippen molar-refractivity contribution in [2.24, 2.45) is 5.92 Å². The van der Waals surface area contributed by atoms with Crippen molar-refractivity contribution in [3.63, 3.8) is 0 Å². The molecule has 0 radical (unpaired) electrons. The van der Waals surface area contributed by atoms with Crippen molar-refractivity contribution in [1.82, 2.24) is 10.6 Å². The second-order valence-corrected chi connectivity index (χ2v) is 8.19. The Labute approximate surface area is 166 Å². The van der Waals surface area contributed by atoms with Crippen LogP contribution in [0.15, 0.2) is 24.3 Å². The zero-order chi connectivity index (χ0) is 21.5. The number of hydrogen-bond donors (Lipinski definition) is 2. The van der Waals surface area contributed by atoms with Crippen LogP contribution in [0.2, 0.25) is 0 Å². The van der Waals surface area contributed by atoms with E-state index in [-0.39, 0.29) is 17.9 Å². The fourth-order valence-corrected chi connectivity index (χ4v) is 2.20. The maximum atomic E-state index is 12.1. The average molecular weight is 387 g/mol. The van der Waals surface area contributed by atoms with E-state index in [0.29, 0.717) is 5.56 Å². The van der Waals surface area contributed by atoms with Crippen LogP contribution in [0.1, 0.15) is 57.5 Å². The van der Waals surface area contributed by atoms with Crippen molar-refractivity contribution in [3.8, 4) is 6.07 Å². The summed E-state index contributed by atoms with van der Waals surface area (Å²) in [6.07, 6.45) is 0. The molecule has 1 aromatic carbocycles. The zero-order valence-corrected chi connectivity index (χ0v) is 17.4. The molecule has 0 spiro atoms. The van der Waals surface area contributed by atoms with Crippen molar-refractivity contribution in [2.75, 3.05) is 13.2 Å². The summed E-state index contributed by atoms with van der Waals surface area (Å²) >= 11 is 0. The molecular weight excluding hydrogens is 358 g/mol. The Kier molecular flexibility index (Phi) is 7.74. The molecule has 152 valence electrons. The Morgan fingerprint density at radius 3 is 2.14 bits per heavy atom. The van der Waals surface area contributed by atoms with Crippen LogP contribution in [0, 0.1) is 17.2 Å². The molecule has 0 heterocycles. The molecule has 0 bridgehead atoms. The lowest BCUT2D eigenvalue weighted by molar-refractivity contribution is -0.147. The van der Waals surface area contributed by atoms with Gasteiger partial charge in [0.2, 0.25) is 0 Å². The van der Waals surface area contributed by atoms with Crippen molar-refractivity contribution in [3.05, 3.63) is 35.4 Å². The summed E-state index contributed by atoms with van der Waals surface area (Å²) in [5.41, 5.74) is 0.466. The minimum absolute atomic E-state index is 0.0173. The molecule has 2 amide bonds. The van der Waals surface area contributed by atoms with Gasteiger partial charge >= 0.3 is 5.97 Å². The van der Waals surface area contributed by atoms with Gasteiger partial charge in [0.15, 0.2) is 6.61 Å². The summed E-state index contributed by atoms with van der Waals surface area (Å²) in [6, 6.07) is 9.18. The number of benzene rings is 1. The number of ether oxygens (including phenoxy) is 1. The molecule has 1 rings (SSSR count). The van der Waals surface area contributed by atoms with Gasteiger partial charge in [0.05, 0.1) is 6.07 Å². The smallest absolute Gasteiger partial charge is 0.325 e. The first-order chi connectivity index (χ1) is 12.9. The number of amides is 2. The predicted octanol–water partition coefficient (Wildman–Crippen LogP) is 2.31. The third-order valence-corrected chi connectivity index (χ3v) is 4.56. The standard InChI is InChI=1S/C21H29N3O4/c1-14(2)21(6,13-22)24-17(25)12-28-18(26)11-23-19(27)15-7-9-16(10-8-15)20(3,4)5/h7-10,14H,11-12H2,1-6H3,(H,23,27)(H,24,25)/t21-/m0/s1. The van der Waals surface area contributed by atoms with E-state index in [0.717, 1.165) is 5.56 Å². The highest BCUT2D eigenvalue weighted by molar-refractivity contribution is 5.96. The van der Waals surface area contributed by atoms with E-state index in [9.17, 15) is 19.6 Å². The topological polar surface area (TPSA) is 108 Å².